The monoisotopic (exact) mass is 168 g/mol. The van der Waals surface area contributed by atoms with Crippen LogP contribution in [0.3, 0.4) is 0 Å². The van der Waals surface area contributed by atoms with Crippen LogP contribution in [-0.4, -0.2) is 17.7 Å². The molecule has 0 aliphatic carbocycles. The molecule has 1 aromatic rings. The zero-order valence-electron chi connectivity index (χ0n) is 6.73. The lowest BCUT2D eigenvalue weighted by Gasteiger charge is -1.94. The first kappa shape index (κ1) is 8.52. The van der Waals surface area contributed by atoms with Crippen molar-refractivity contribution < 1.29 is 19.5 Å². The van der Waals surface area contributed by atoms with E-state index in [1.807, 2.05) is 6.92 Å². The summed E-state index contributed by atoms with van der Waals surface area (Å²) in [5.41, 5.74) is 0.214. The highest BCUT2D eigenvalue weighted by molar-refractivity contribution is 5.86. The average molecular weight is 168 g/mol. The van der Waals surface area contributed by atoms with Crippen molar-refractivity contribution in [2.24, 2.45) is 0 Å². The Morgan fingerprint density at radius 1 is 1.75 bits per heavy atom. The molecule has 1 N–H and O–H groups in total. The minimum atomic E-state index is -0.955. The Bertz CT molecular complexity index is 285. The molecule has 0 amide bonds. The lowest BCUT2D eigenvalue weighted by molar-refractivity contribution is -0.891. The first-order valence-corrected chi connectivity index (χ1v) is 3.62. The van der Waals surface area contributed by atoms with Gasteiger partial charge < -0.3 is 5.11 Å². The Morgan fingerprint density at radius 2 is 2.50 bits per heavy atom. The summed E-state index contributed by atoms with van der Waals surface area (Å²) < 4.78 is 1.38. The van der Waals surface area contributed by atoms with Gasteiger partial charge in [-0.15, -0.1) is 0 Å². The highest BCUT2D eigenvalue weighted by Gasteiger charge is 2.08. The van der Waals surface area contributed by atoms with Gasteiger partial charge in [0.2, 0.25) is 12.4 Å². The van der Waals surface area contributed by atoms with Crippen LogP contribution in [0.1, 0.15) is 17.3 Å². The van der Waals surface area contributed by atoms with Crippen molar-refractivity contribution >= 4 is 5.97 Å². The summed E-state index contributed by atoms with van der Waals surface area (Å²) >= 11 is 0. The second-order valence-electron chi connectivity index (χ2n) is 2.18. The number of nitrogens with zero attached hydrogens (tertiary/aromatic N) is 1. The molecular weight excluding hydrogens is 158 g/mol. The predicted molar refractivity (Wildman–Crippen MR) is 40.7 cm³/mol. The molecule has 4 nitrogen and oxygen atoms in total. The summed E-state index contributed by atoms with van der Waals surface area (Å²) in [7, 11) is 0. The van der Waals surface area contributed by atoms with Crippen LogP contribution in [0.25, 0.3) is 0 Å². The third kappa shape index (κ3) is 1.95. The molecule has 0 fully saturated rings. The molecule has 0 unspecified atom stereocenters. The molecule has 0 aliphatic heterocycles. The molecule has 64 valence electrons. The Kier molecular flexibility index (Phi) is 2.63. The quantitative estimate of drug-likeness (QED) is 0.652. The van der Waals surface area contributed by atoms with Gasteiger partial charge in [0.15, 0.2) is 6.61 Å². The summed E-state index contributed by atoms with van der Waals surface area (Å²) in [6.45, 7) is 2.34. The maximum atomic E-state index is 10.5. The lowest BCUT2D eigenvalue weighted by atomic mass is 10.3. The number of rotatable bonds is 3. The van der Waals surface area contributed by atoms with Crippen LogP contribution in [0.4, 0.5) is 0 Å². The minimum absolute atomic E-state index is 0.214. The number of carboxylic acid groups (broad SMARTS) is 1. The number of hydrogen-bond donors (Lipinski definition) is 1. The zero-order valence-corrected chi connectivity index (χ0v) is 6.73. The Balaban J connectivity index is 2.88. The lowest BCUT2D eigenvalue weighted by Crippen LogP contribution is -2.42. The largest absolute Gasteiger partial charge is 0.477 e. The molecular formula is C8H10NO3+. The van der Waals surface area contributed by atoms with Crippen LogP contribution >= 0.6 is 0 Å². The Morgan fingerprint density at radius 3 is 3.08 bits per heavy atom. The van der Waals surface area contributed by atoms with Crippen molar-refractivity contribution in [3.8, 4) is 0 Å². The molecule has 4 heteroatoms. The van der Waals surface area contributed by atoms with Crippen LogP contribution in [0.2, 0.25) is 0 Å². The van der Waals surface area contributed by atoms with E-state index in [2.05, 4.69) is 0 Å². The molecule has 1 aromatic heterocycles. The fourth-order valence-electron chi connectivity index (χ4n) is 0.811. The molecule has 0 saturated carbocycles. The number of carbonyl (C=O) groups is 1. The van der Waals surface area contributed by atoms with Gasteiger partial charge in [0.1, 0.15) is 5.56 Å². The summed E-state index contributed by atoms with van der Waals surface area (Å²) in [5, 5.41) is 8.61. The van der Waals surface area contributed by atoms with Gasteiger partial charge in [-0.1, -0.05) is 0 Å². The second-order valence-corrected chi connectivity index (χ2v) is 2.18. The summed E-state index contributed by atoms with van der Waals surface area (Å²) in [5.74, 6) is -0.955. The van der Waals surface area contributed by atoms with E-state index in [1.54, 1.807) is 12.3 Å². The van der Waals surface area contributed by atoms with Gasteiger partial charge in [0.25, 0.3) is 0 Å². The summed E-state index contributed by atoms with van der Waals surface area (Å²) in [4.78, 5) is 15.5. The molecule has 0 spiro atoms. The topological polar surface area (TPSA) is 50.4 Å². The van der Waals surface area contributed by atoms with Crippen LogP contribution in [0, 0.1) is 0 Å². The minimum Gasteiger partial charge on any atom is -0.477 e. The van der Waals surface area contributed by atoms with Crippen LogP contribution < -0.4 is 9.57 Å². The van der Waals surface area contributed by atoms with Gasteiger partial charge in [-0.25, -0.2) is 4.79 Å². The zero-order chi connectivity index (χ0) is 8.97. The van der Waals surface area contributed by atoms with Crippen molar-refractivity contribution in [1.29, 1.82) is 0 Å². The fraction of sp³-hybridized carbons (Fsp3) is 0.250. The van der Waals surface area contributed by atoms with Crippen LogP contribution in [-0.2, 0) is 0 Å². The van der Waals surface area contributed by atoms with Crippen molar-refractivity contribution in [2.75, 3.05) is 6.61 Å². The fourth-order valence-corrected chi connectivity index (χ4v) is 0.811. The summed E-state index contributed by atoms with van der Waals surface area (Å²) in [6, 6.07) is 3.14. The van der Waals surface area contributed by atoms with E-state index >= 15 is 0 Å². The van der Waals surface area contributed by atoms with E-state index in [0.717, 1.165) is 0 Å². The van der Waals surface area contributed by atoms with Gasteiger partial charge >= 0.3 is 5.97 Å². The maximum Gasteiger partial charge on any atom is 0.341 e. The summed E-state index contributed by atoms with van der Waals surface area (Å²) in [6.07, 6.45) is 3.07. The predicted octanol–water partition coefficient (Wildman–Crippen LogP) is 0.121. The Hall–Kier alpha value is -1.58. The molecule has 0 radical (unpaired) electrons. The average Bonchev–Trinajstić information content (AvgIpc) is 2.05. The highest BCUT2D eigenvalue weighted by atomic mass is 16.7. The van der Waals surface area contributed by atoms with Crippen molar-refractivity contribution in [3.05, 3.63) is 30.1 Å². The third-order valence-corrected chi connectivity index (χ3v) is 1.30. The van der Waals surface area contributed by atoms with Gasteiger partial charge in [-0.3, -0.25) is 4.84 Å². The molecule has 1 heterocycles. The van der Waals surface area contributed by atoms with Crippen molar-refractivity contribution in [2.45, 2.75) is 6.92 Å². The van der Waals surface area contributed by atoms with Gasteiger partial charge in [-0.2, -0.15) is 0 Å². The number of aromatic nitrogens is 1. The van der Waals surface area contributed by atoms with E-state index in [4.69, 9.17) is 9.94 Å². The van der Waals surface area contributed by atoms with Crippen LogP contribution in [0.15, 0.2) is 24.5 Å². The molecule has 0 bridgehead atoms. The SMILES string of the molecule is CCO[n+]1cccc(C(=O)O)c1. The smallest absolute Gasteiger partial charge is 0.341 e. The molecule has 0 atom stereocenters. The first-order valence-electron chi connectivity index (χ1n) is 3.62. The van der Waals surface area contributed by atoms with Crippen molar-refractivity contribution in [3.63, 3.8) is 0 Å². The van der Waals surface area contributed by atoms with Crippen LogP contribution in [0.5, 0.6) is 0 Å². The van der Waals surface area contributed by atoms with E-state index in [0.29, 0.717) is 6.61 Å². The molecule has 0 aromatic carbocycles. The molecule has 0 aliphatic rings. The van der Waals surface area contributed by atoms with Gasteiger partial charge in [0, 0.05) is 10.8 Å². The number of hydrogen-bond acceptors (Lipinski definition) is 2. The van der Waals surface area contributed by atoms with Crippen molar-refractivity contribution in [1.82, 2.24) is 0 Å². The number of pyridine rings is 1. The van der Waals surface area contributed by atoms with Gasteiger partial charge in [-0.05, 0) is 13.0 Å². The van der Waals surface area contributed by atoms with Gasteiger partial charge in [0.05, 0.1) is 0 Å². The third-order valence-electron chi connectivity index (χ3n) is 1.30. The van der Waals surface area contributed by atoms with E-state index in [1.165, 1.54) is 17.0 Å². The first-order chi connectivity index (χ1) is 5.74. The standard InChI is InChI=1S/C8H9NO3/c1-2-12-9-5-3-4-7(6-9)8(10)11/h3-6H,2H2,1H3/p+1. The number of aromatic carboxylic acids is 1. The molecule has 0 saturated heterocycles. The molecule has 12 heavy (non-hydrogen) atoms. The molecule has 1 rings (SSSR count). The maximum absolute atomic E-state index is 10.5. The second kappa shape index (κ2) is 3.71. The highest BCUT2D eigenvalue weighted by Crippen LogP contribution is 1.92. The number of carboxylic acids is 1. The Labute approximate surface area is 70.0 Å². The van der Waals surface area contributed by atoms with E-state index in [9.17, 15) is 4.79 Å². The normalized spacial score (nSPS) is 9.42. The van der Waals surface area contributed by atoms with E-state index < -0.39 is 5.97 Å². The van der Waals surface area contributed by atoms with E-state index in [-0.39, 0.29) is 5.56 Å².